The van der Waals surface area contributed by atoms with Crippen LogP contribution in [0.2, 0.25) is 0 Å². The summed E-state index contributed by atoms with van der Waals surface area (Å²) in [5.41, 5.74) is 11.0. The van der Waals surface area contributed by atoms with E-state index in [0.717, 1.165) is 77.3 Å². The van der Waals surface area contributed by atoms with Crippen molar-refractivity contribution < 1.29 is 29.0 Å². The van der Waals surface area contributed by atoms with Crippen LogP contribution in [0.5, 0.6) is 0 Å². The van der Waals surface area contributed by atoms with Gasteiger partial charge in [-0.15, -0.1) is 32.9 Å². The fourth-order valence-electron chi connectivity index (χ4n) is 9.58. The number of thiazole rings is 1. The first-order chi connectivity index (χ1) is 32.9. The molecule has 15 nitrogen and oxygen atoms in total. The third-order valence-corrected chi connectivity index (χ3v) is 15.7. The second-order valence-electron chi connectivity index (χ2n) is 19.3. The van der Waals surface area contributed by atoms with Crippen LogP contribution in [-0.4, -0.2) is 97.5 Å². The molecule has 1 unspecified atom stereocenters. The number of aromatic nitrogens is 4. The molecule has 0 aliphatic carbocycles. The molecule has 5 atom stereocenters. The highest BCUT2D eigenvalue weighted by Crippen LogP contribution is 2.41. The second kappa shape index (κ2) is 18.7. The van der Waals surface area contributed by atoms with Crippen LogP contribution >= 0.6 is 22.7 Å². The minimum absolute atomic E-state index is 0.0122. The van der Waals surface area contributed by atoms with E-state index in [4.69, 9.17) is 9.73 Å². The lowest BCUT2D eigenvalue weighted by molar-refractivity contribution is -0.142. The molecule has 0 radical (unpaired) electrons. The Morgan fingerprint density at radius 1 is 0.942 bits per heavy atom. The highest BCUT2D eigenvalue weighted by atomic mass is 32.1. The van der Waals surface area contributed by atoms with Gasteiger partial charge in [0.05, 0.1) is 47.5 Å². The number of methoxy groups -OCH3 is 1. The van der Waals surface area contributed by atoms with Crippen LogP contribution < -0.4 is 15.5 Å². The molecule has 0 bridgehead atoms. The lowest BCUT2D eigenvalue weighted by Crippen LogP contribution is -2.57. The number of ether oxygens (including phenoxy) is 1. The number of hydrogen-bond acceptors (Lipinski definition) is 13. The Kier molecular flexibility index (Phi) is 12.9. The highest BCUT2D eigenvalue weighted by molar-refractivity contribution is 7.15. The Morgan fingerprint density at radius 2 is 1.67 bits per heavy atom. The summed E-state index contributed by atoms with van der Waals surface area (Å²) < 4.78 is 7.07. The van der Waals surface area contributed by atoms with Crippen molar-refractivity contribution in [3.8, 4) is 15.4 Å². The summed E-state index contributed by atoms with van der Waals surface area (Å²) in [7, 11) is 1.37. The number of nitrogens with zero attached hydrogens (tertiary/aromatic N) is 7. The number of aliphatic imine (C=N–C) groups is 1. The maximum absolute atomic E-state index is 14.5. The number of benzene rings is 3. The van der Waals surface area contributed by atoms with E-state index in [1.54, 1.807) is 28.7 Å². The molecule has 6 heterocycles. The van der Waals surface area contributed by atoms with E-state index in [0.29, 0.717) is 23.8 Å². The van der Waals surface area contributed by atoms with Gasteiger partial charge in [-0.25, -0.2) is 4.98 Å². The molecule has 69 heavy (non-hydrogen) atoms. The van der Waals surface area contributed by atoms with Crippen LogP contribution in [0.15, 0.2) is 77.2 Å². The molecule has 9 rings (SSSR count). The molecule has 3 aromatic heterocycles. The van der Waals surface area contributed by atoms with Gasteiger partial charge in [0.1, 0.15) is 29.0 Å². The minimum atomic E-state index is -1.00. The number of hydrogen-bond donors (Lipinski definition) is 3. The van der Waals surface area contributed by atoms with Crippen molar-refractivity contribution in [3.05, 3.63) is 128 Å². The average Bonchev–Trinajstić information content (AvgIpc) is 4.16. The Bertz CT molecular complexity index is 3000. The van der Waals surface area contributed by atoms with Gasteiger partial charge in [0.2, 0.25) is 11.8 Å². The monoisotopic (exact) mass is 967 g/mol. The first-order valence-corrected chi connectivity index (χ1v) is 24.9. The SMILES string of the molecule is COC(=O)C[C@@H]1N=C(c2ccc(N3CCc4ccc(C(=O)NC(C(=O)N5C[C@H](O)C[C@H]5C(=O)N[C@@H](C)c5ccc(-c6scnc6C)cc5)C(C)(C)C)cc43)cc2)c2c(sc(C)c2C)-n2c(C)nnc21. The molecule has 3 amide bonds. The summed E-state index contributed by atoms with van der Waals surface area (Å²) in [5.74, 6) is -0.313. The number of nitrogens with one attached hydrogen (secondary N) is 2. The number of aliphatic hydroxyl groups is 1. The first-order valence-electron chi connectivity index (χ1n) is 23.2. The number of carbonyl (C=O) groups excluding carboxylic acids is 4. The standard InChI is InChI=1S/C52H57N9O6S2/c1-27-30(4)69-51-43(27)44(55-39(24-42(63)67-9)47-58-57-31(5)61(47)51)34-16-18-37(19-17-34)59-21-20-33-12-15-36(22-40(33)59)48(64)56-46(52(6,7)8)50(66)60-25-38(62)23-41(60)49(65)54-28(2)32-10-13-35(14-11-32)45-29(3)53-26-68-45/h10-19,22,26,28,38-39,41,46,62H,20-21,23-25H2,1-9H3,(H,54,65)(H,56,64)/t28-,38+,39-,41-,46?/m0/s1. The van der Waals surface area contributed by atoms with E-state index >= 15 is 0 Å². The number of anilines is 2. The van der Waals surface area contributed by atoms with Gasteiger partial charge in [-0.2, -0.15) is 0 Å². The third-order valence-electron chi connectivity index (χ3n) is 13.6. The maximum Gasteiger partial charge on any atom is 0.308 e. The summed E-state index contributed by atoms with van der Waals surface area (Å²) >= 11 is 3.22. The Labute approximate surface area is 409 Å². The average molecular weight is 968 g/mol. The largest absolute Gasteiger partial charge is 0.469 e. The van der Waals surface area contributed by atoms with E-state index in [9.17, 15) is 24.3 Å². The van der Waals surface area contributed by atoms with Gasteiger partial charge in [0.25, 0.3) is 5.91 Å². The Morgan fingerprint density at radius 3 is 2.35 bits per heavy atom. The number of fused-ring (bicyclic) bond motifs is 4. The lowest BCUT2D eigenvalue weighted by Gasteiger charge is -2.35. The minimum Gasteiger partial charge on any atom is -0.469 e. The number of thiophene rings is 1. The molecule has 17 heteroatoms. The Hall–Kier alpha value is -6.56. The Balaban J connectivity index is 0.921. The van der Waals surface area contributed by atoms with Crippen molar-refractivity contribution in [3.63, 3.8) is 0 Å². The predicted molar refractivity (Wildman–Crippen MR) is 268 cm³/mol. The number of likely N-dealkylation sites (tertiary alicyclic amines) is 1. The molecule has 0 spiro atoms. The summed E-state index contributed by atoms with van der Waals surface area (Å²) in [4.78, 5) is 70.7. The molecule has 1 saturated heterocycles. The summed E-state index contributed by atoms with van der Waals surface area (Å²) in [6, 6.07) is 18.9. The van der Waals surface area contributed by atoms with Gasteiger partial charge in [-0.1, -0.05) is 63.2 Å². The summed E-state index contributed by atoms with van der Waals surface area (Å²) in [5, 5.41) is 26.7. The quantitative estimate of drug-likeness (QED) is 0.108. The molecule has 3 aliphatic rings. The van der Waals surface area contributed by atoms with Crippen molar-refractivity contribution in [1.29, 1.82) is 0 Å². The van der Waals surface area contributed by atoms with Gasteiger partial charge in [0, 0.05) is 52.5 Å². The van der Waals surface area contributed by atoms with E-state index in [-0.39, 0.29) is 31.3 Å². The van der Waals surface area contributed by atoms with Crippen LogP contribution in [0, 0.1) is 33.1 Å². The van der Waals surface area contributed by atoms with Gasteiger partial charge < -0.3 is 30.3 Å². The number of β-amino-alcohol motifs (C(OH)–C–C–N with tert-alkyl or cyclic N) is 1. The van der Waals surface area contributed by atoms with E-state index in [1.807, 2.05) is 112 Å². The zero-order valence-corrected chi connectivity index (χ0v) is 41.9. The van der Waals surface area contributed by atoms with Gasteiger partial charge in [0.15, 0.2) is 5.82 Å². The van der Waals surface area contributed by atoms with Gasteiger partial charge >= 0.3 is 5.97 Å². The fourth-order valence-corrected chi connectivity index (χ4v) is 11.6. The predicted octanol–water partition coefficient (Wildman–Crippen LogP) is 7.82. The van der Waals surface area contributed by atoms with Crippen LogP contribution in [0.3, 0.4) is 0 Å². The van der Waals surface area contributed by atoms with Gasteiger partial charge in [-0.3, -0.25) is 28.7 Å². The molecular formula is C52H57N9O6S2. The number of esters is 1. The summed E-state index contributed by atoms with van der Waals surface area (Å²) in [6.45, 7) is 16.2. The molecule has 0 saturated carbocycles. The number of aliphatic hydroxyl groups excluding tert-OH is 1. The van der Waals surface area contributed by atoms with Crippen molar-refractivity contribution in [2.75, 3.05) is 25.1 Å². The fraction of sp³-hybridized carbons (Fsp3) is 0.385. The van der Waals surface area contributed by atoms with Crippen molar-refractivity contribution in [2.45, 2.75) is 105 Å². The van der Waals surface area contributed by atoms with E-state index in [2.05, 4.69) is 44.6 Å². The summed E-state index contributed by atoms with van der Waals surface area (Å²) in [6.07, 6.45) is -0.0241. The van der Waals surface area contributed by atoms with E-state index in [1.165, 1.54) is 12.0 Å². The molecular weight excluding hydrogens is 911 g/mol. The normalized spacial score (nSPS) is 18.4. The molecule has 3 N–H and O–H groups in total. The maximum atomic E-state index is 14.5. The topological polar surface area (TPSA) is 184 Å². The van der Waals surface area contributed by atoms with Crippen molar-refractivity contribution >= 4 is 63.5 Å². The van der Waals surface area contributed by atoms with Crippen molar-refractivity contribution in [2.24, 2.45) is 10.4 Å². The smallest absolute Gasteiger partial charge is 0.308 e. The van der Waals surface area contributed by atoms with Gasteiger partial charge in [-0.05, 0) is 93.0 Å². The number of amides is 3. The van der Waals surface area contributed by atoms with Crippen LogP contribution in [0.1, 0.15) is 113 Å². The number of carbonyl (C=O) groups is 4. The zero-order valence-electron chi connectivity index (χ0n) is 40.3. The number of aryl methyl sites for hydroxylation is 3. The highest BCUT2D eigenvalue weighted by Gasteiger charge is 2.45. The van der Waals surface area contributed by atoms with Crippen LogP contribution in [0.25, 0.3) is 15.4 Å². The molecule has 358 valence electrons. The third kappa shape index (κ3) is 9.10. The molecule has 3 aromatic carbocycles. The first kappa shape index (κ1) is 47.5. The van der Waals surface area contributed by atoms with Crippen LogP contribution in [-0.2, 0) is 25.5 Å². The zero-order chi connectivity index (χ0) is 49.1. The molecule has 6 aromatic rings. The second-order valence-corrected chi connectivity index (χ2v) is 21.3. The molecule has 3 aliphatic heterocycles. The number of rotatable bonds is 11. The van der Waals surface area contributed by atoms with Crippen LogP contribution in [0.4, 0.5) is 11.4 Å². The molecule has 1 fully saturated rings. The lowest BCUT2D eigenvalue weighted by atomic mass is 9.85. The van der Waals surface area contributed by atoms with Crippen molar-refractivity contribution in [1.82, 2.24) is 35.3 Å². The van der Waals surface area contributed by atoms with E-state index < -0.39 is 47.4 Å².